The molecule has 0 saturated heterocycles. The maximum absolute atomic E-state index is 2.85. The van der Waals surface area contributed by atoms with Crippen molar-refractivity contribution in [3.05, 3.63) is 174 Å². The molecule has 0 amide bonds. The first-order chi connectivity index (χ1) is 35.3. The van der Waals surface area contributed by atoms with Gasteiger partial charge in [-0.15, -0.1) is 22.7 Å². The van der Waals surface area contributed by atoms with Crippen LogP contribution in [0, 0.1) is 0 Å². The van der Waals surface area contributed by atoms with Crippen molar-refractivity contribution >= 4 is 132 Å². The number of thiophene rings is 2. The van der Waals surface area contributed by atoms with Crippen LogP contribution in [-0.4, -0.2) is 12.3 Å². The predicted octanol–water partition coefficient (Wildman–Crippen LogP) is 18.1. The Morgan fingerprint density at radius 3 is 1.41 bits per heavy atom. The summed E-state index contributed by atoms with van der Waals surface area (Å²) in [6.45, 7) is 26.5. The Morgan fingerprint density at radius 2 is 0.892 bits per heavy atom. The van der Waals surface area contributed by atoms with Crippen LogP contribution in [0.15, 0.2) is 152 Å². The summed E-state index contributed by atoms with van der Waals surface area (Å²) in [5.41, 5.74) is 19.6. The molecule has 0 bridgehead atoms. The van der Waals surface area contributed by atoms with E-state index < -0.39 is 0 Å². The average molecular weight is 1000 g/mol. The molecule has 10 aromatic rings. The van der Waals surface area contributed by atoms with Gasteiger partial charge in [-0.25, -0.2) is 0 Å². The van der Waals surface area contributed by atoms with Gasteiger partial charge in [-0.3, -0.25) is 0 Å². The Hall–Kier alpha value is -6.34. The minimum absolute atomic E-state index is 0.0119. The molecule has 0 spiro atoms. The zero-order valence-corrected chi connectivity index (χ0v) is 46.6. The molecule has 1 aliphatic carbocycles. The van der Waals surface area contributed by atoms with Crippen molar-refractivity contribution in [2.24, 2.45) is 0 Å². The van der Waals surface area contributed by atoms with E-state index in [1.54, 1.807) is 0 Å². The highest BCUT2D eigenvalue weighted by Crippen LogP contribution is 2.63. The number of hydrogen-bond acceptors (Lipinski definition) is 5. The Bertz CT molecular complexity index is 3800. The van der Waals surface area contributed by atoms with Gasteiger partial charge < -0.3 is 14.7 Å². The van der Waals surface area contributed by atoms with Gasteiger partial charge in [0.25, 0.3) is 6.71 Å². The van der Waals surface area contributed by atoms with Crippen molar-refractivity contribution in [3.8, 4) is 0 Å². The van der Waals surface area contributed by atoms with Crippen molar-refractivity contribution in [2.75, 3.05) is 14.7 Å². The van der Waals surface area contributed by atoms with Crippen molar-refractivity contribution in [1.82, 2.24) is 0 Å². The molecule has 0 radical (unpaired) electrons. The lowest BCUT2D eigenvalue weighted by molar-refractivity contribution is 0.195. The molecule has 1 fully saturated rings. The molecule has 3 aliphatic heterocycles. The standard InChI is InChI=1S/C68H66BN3S2/c1-64(2,3)41-30-33-50-47(36-41)67(10)34-16-17-35-68(67,11)72(50)44-39-55-63-56(40-44)71(52-23-19-27-60-62(52)46-21-13-15-25-58(46)74-60)54-38-43(66(7,8)9)29-32-49(54)69(63)48-31-28-42(65(4,5)6)37-53(48)70(55)51-22-18-26-59-61(51)45-20-12-14-24-57(45)73-59/h12-15,18-33,36-40H,16-17,34-35H2,1-11H3. The second-order valence-electron chi connectivity index (χ2n) is 25.7. The fraction of sp³-hybridized carbons (Fsp3) is 0.294. The van der Waals surface area contributed by atoms with Crippen LogP contribution < -0.4 is 31.1 Å². The Balaban J connectivity index is 1.16. The number of anilines is 8. The molecular formula is C68H66BN3S2. The van der Waals surface area contributed by atoms with Crippen molar-refractivity contribution in [2.45, 2.75) is 129 Å². The van der Waals surface area contributed by atoms with Crippen LogP contribution in [0.1, 0.15) is 124 Å². The van der Waals surface area contributed by atoms with E-state index in [-0.39, 0.29) is 33.9 Å². The molecule has 74 heavy (non-hydrogen) atoms. The summed E-state index contributed by atoms with van der Waals surface area (Å²) in [7, 11) is 0. The first-order valence-corrected chi connectivity index (χ1v) is 28.8. The van der Waals surface area contributed by atoms with Gasteiger partial charge in [0.15, 0.2) is 0 Å². The van der Waals surface area contributed by atoms with Crippen LogP contribution in [0.2, 0.25) is 0 Å². The minimum Gasteiger partial charge on any atom is -0.334 e. The molecular weight excluding hydrogens is 934 g/mol. The fourth-order valence-electron chi connectivity index (χ4n) is 14.0. The van der Waals surface area contributed by atoms with Gasteiger partial charge in [-0.05, 0) is 141 Å². The molecule has 3 nitrogen and oxygen atoms in total. The van der Waals surface area contributed by atoms with E-state index in [1.807, 2.05) is 22.7 Å². The largest absolute Gasteiger partial charge is 0.334 e. The molecule has 2 aromatic heterocycles. The number of fused-ring (bicyclic) bond motifs is 13. The summed E-state index contributed by atoms with van der Waals surface area (Å²) in [5.74, 6) is 0. The van der Waals surface area contributed by atoms with E-state index >= 15 is 0 Å². The van der Waals surface area contributed by atoms with E-state index in [1.165, 1.54) is 144 Å². The second-order valence-corrected chi connectivity index (χ2v) is 27.8. The Labute approximate surface area is 446 Å². The summed E-state index contributed by atoms with van der Waals surface area (Å²) in [6.07, 6.45) is 4.76. The summed E-state index contributed by atoms with van der Waals surface area (Å²) in [5, 5.41) is 5.27. The molecule has 1 saturated carbocycles. The van der Waals surface area contributed by atoms with E-state index in [4.69, 9.17) is 0 Å². The Morgan fingerprint density at radius 1 is 0.432 bits per heavy atom. The quantitative estimate of drug-likeness (QED) is 0.163. The van der Waals surface area contributed by atoms with E-state index in [9.17, 15) is 0 Å². The smallest absolute Gasteiger partial charge is 0.252 e. The first kappa shape index (κ1) is 46.2. The fourth-order valence-corrected chi connectivity index (χ4v) is 16.3. The summed E-state index contributed by atoms with van der Waals surface area (Å²) in [6, 6.07) is 60.1. The zero-order chi connectivity index (χ0) is 51.0. The SMILES string of the molecule is CC(C)(C)c1ccc2c(c1)N(c1cccc3sc4ccccc4c13)c1cc(N3c4ccc(C(C)(C)C)cc4C4(C)CCCCC34C)cc3c1B2c1ccc(C(C)(C)C)cc1N3c1cccc2sc3ccccc3c12. The first-order valence-electron chi connectivity index (χ1n) is 27.2. The lowest BCUT2D eigenvalue weighted by Gasteiger charge is -2.51. The lowest BCUT2D eigenvalue weighted by atomic mass is 9.33. The van der Waals surface area contributed by atoms with Crippen LogP contribution >= 0.6 is 22.7 Å². The molecule has 8 aromatic carbocycles. The monoisotopic (exact) mass is 999 g/mol. The topological polar surface area (TPSA) is 9.72 Å². The second kappa shape index (κ2) is 15.6. The van der Waals surface area contributed by atoms with Gasteiger partial charge in [0, 0.05) is 79.9 Å². The maximum Gasteiger partial charge on any atom is 0.252 e. The minimum atomic E-state index is -0.161. The number of rotatable bonds is 3. The van der Waals surface area contributed by atoms with E-state index in [2.05, 4.69) is 243 Å². The van der Waals surface area contributed by atoms with Crippen LogP contribution in [0.5, 0.6) is 0 Å². The highest BCUT2D eigenvalue weighted by atomic mass is 32.1. The van der Waals surface area contributed by atoms with Crippen molar-refractivity contribution < 1.29 is 0 Å². The van der Waals surface area contributed by atoms with Crippen LogP contribution in [0.4, 0.5) is 45.5 Å². The number of hydrogen-bond donors (Lipinski definition) is 0. The summed E-state index contributed by atoms with van der Waals surface area (Å²) < 4.78 is 5.28. The van der Waals surface area contributed by atoms with Crippen LogP contribution in [0.25, 0.3) is 40.3 Å². The average Bonchev–Trinajstić information content (AvgIpc) is 4.01. The van der Waals surface area contributed by atoms with E-state index in [0.29, 0.717) is 0 Å². The molecule has 368 valence electrons. The normalized spacial score (nSPS) is 19.3. The zero-order valence-electron chi connectivity index (χ0n) is 45.0. The molecule has 2 unspecified atom stereocenters. The van der Waals surface area contributed by atoms with Crippen LogP contribution in [-0.2, 0) is 21.7 Å². The molecule has 4 aliphatic rings. The van der Waals surface area contributed by atoms with E-state index in [0.717, 1.165) is 6.42 Å². The van der Waals surface area contributed by atoms with Gasteiger partial charge in [-0.1, -0.05) is 167 Å². The summed E-state index contributed by atoms with van der Waals surface area (Å²) >= 11 is 3.82. The predicted molar refractivity (Wildman–Crippen MR) is 325 cm³/mol. The lowest BCUT2D eigenvalue weighted by Crippen LogP contribution is -2.61. The summed E-state index contributed by atoms with van der Waals surface area (Å²) in [4.78, 5) is 8.29. The molecule has 14 rings (SSSR count). The van der Waals surface area contributed by atoms with Gasteiger partial charge in [0.1, 0.15) is 0 Å². The third-order valence-corrected chi connectivity index (χ3v) is 20.5. The van der Waals surface area contributed by atoms with Crippen molar-refractivity contribution in [3.63, 3.8) is 0 Å². The van der Waals surface area contributed by atoms with Gasteiger partial charge >= 0.3 is 0 Å². The highest BCUT2D eigenvalue weighted by molar-refractivity contribution is 7.26. The van der Waals surface area contributed by atoms with Crippen molar-refractivity contribution in [1.29, 1.82) is 0 Å². The molecule has 2 atom stereocenters. The third kappa shape index (κ3) is 6.43. The molecule has 6 heteroatoms. The maximum atomic E-state index is 2.85. The Kier molecular flexibility index (Phi) is 9.75. The third-order valence-electron chi connectivity index (χ3n) is 18.3. The van der Waals surface area contributed by atoms with Gasteiger partial charge in [0.2, 0.25) is 0 Å². The molecule has 0 N–H and O–H groups in total. The van der Waals surface area contributed by atoms with Gasteiger partial charge in [0.05, 0.1) is 16.9 Å². The van der Waals surface area contributed by atoms with Crippen LogP contribution in [0.3, 0.4) is 0 Å². The number of nitrogens with zero attached hydrogens (tertiary/aromatic N) is 3. The highest BCUT2D eigenvalue weighted by Gasteiger charge is 2.58. The molecule has 5 heterocycles. The number of benzene rings is 8. The van der Waals surface area contributed by atoms with Gasteiger partial charge in [-0.2, -0.15) is 0 Å².